The lowest BCUT2D eigenvalue weighted by Crippen LogP contribution is -2.41. The molecule has 0 aliphatic carbocycles. The Morgan fingerprint density at radius 3 is 2.76 bits per heavy atom. The molecule has 0 saturated carbocycles. The van der Waals surface area contributed by atoms with Crippen LogP contribution in [0.15, 0.2) is 5.51 Å². The molecule has 1 atom stereocenters. The normalized spacial score (nSPS) is 27.8. The van der Waals surface area contributed by atoms with Crippen molar-refractivity contribution in [2.24, 2.45) is 5.92 Å². The van der Waals surface area contributed by atoms with Gasteiger partial charge in [0.25, 0.3) is 0 Å². The number of anilines is 1. The molecule has 2 aliphatic heterocycles. The average molecular weight is 252 g/mol. The summed E-state index contributed by atoms with van der Waals surface area (Å²) in [5.41, 5.74) is 1.85. The standard InChI is InChI=1S/C12H20N4S/c1-15-7-4-10(5-8-15)11-3-2-6-16(11)12-14-13-9-17-12/h9-11H,2-8H2,1H3. The van der Waals surface area contributed by atoms with Crippen LogP contribution in [0.2, 0.25) is 0 Å². The quantitative estimate of drug-likeness (QED) is 0.804. The fraction of sp³-hybridized carbons (Fsp3) is 0.833. The van der Waals surface area contributed by atoms with Crippen LogP contribution in [0.3, 0.4) is 0 Å². The average Bonchev–Trinajstić information content (AvgIpc) is 3.00. The predicted molar refractivity (Wildman–Crippen MR) is 70.5 cm³/mol. The van der Waals surface area contributed by atoms with E-state index in [0.717, 1.165) is 17.1 Å². The number of rotatable bonds is 2. The predicted octanol–water partition coefficient (Wildman–Crippen LogP) is 1.85. The fourth-order valence-corrected chi connectivity index (χ4v) is 3.87. The lowest BCUT2D eigenvalue weighted by atomic mass is 9.88. The molecule has 0 N–H and O–H groups in total. The van der Waals surface area contributed by atoms with Crippen LogP contribution in [-0.2, 0) is 0 Å². The molecule has 3 rings (SSSR count). The highest BCUT2D eigenvalue weighted by molar-refractivity contribution is 7.13. The topological polar surface area (TPSA) is 32.3 Å². The van der Waals surface area contributed by atoms with Crippen molar-refractivity contribution in [1.82, 2.24) is 15.1 Å². The van der Waals surface area contributed by atoms with Crippen LogP contribution in [-0.4, -0.2) is 47.8 Å². The monoisotopic (exact) mass is 252 g/mol. The summed E-state index contributed by atoms with van der Waals surface area (Å²) in [5, 5.41) is 9.35. The van der Waals surface area contributed by atoms with E-state index in [0.29, 0.717) is 0 Å². The lowest BCUT2D eigenvalue weighted by Gasteiger charge is -2.36. The highest BCUT2D eigenvalue weighted by Gasteiger charge is 2.34. The first kappa shape index (κ1) is 11.4. The first-order valence-electron chi connectivity index (χ1n) is 6.56. The van der Waals surface area contributed by atoms with E-state index < -0.39 is 0 Å². The van der Waals surface area contributed by atoms with Crippen LogP contribution >= 0.6 is 11.3 Å². The second-order valence-electron chi connectivity index (χ2n) is 5.26. The van der Waals surface area contributed by atoms with Crippen molar-refractivity contribution in [1.29, 1.82) is 0 Å². The minimum atomic E-state index is 0.719. The molecular formula is C12H20N4S. The second kappa shape index (κ2) is 4.90. The van der Waals surface area contributed by atoms with E-state index >= 15 is 0 Å². The van der Waals surface area contributed by atoms with Gasteiger partial charge in [0.05, 0.1) is 0 Å². The van der Waals surface area contributed by atoms with Crippen LogP contribution < -0.4 is 4.90 Å². The molecule has 1 unspecified atom stereocenters. The number of nitrogens with zero attached hydrogens (tertiary/aromatic N) is 4. The van der Waals surface area contributed by atoms with E-state index in [4.69, 9.17) is 0 Å². The molecule has 2 aliphatic rings. The summed E-state index contributed by atoms with van der Waals surface area (Å²) in [7, 11) is 2.23. The Balaban J connectivity index is 1.69. The zero-order chi connectivity index (χ0) is 11.7. The third-order valence-electron chi connectivity index (χ3n) is 4.20. The van der Waals surface area contributed by atoms with Crippen LogP contribution in [0.4, 0.5) is 5.13 Å². The van der Waals surface area contributed by atoms with Crippen molar-refractivity contribution < 1.29 is 0 Å². The molecule has 94 valence electrons. The van der Waals surface area contributed by atoms with Crippen molar-refractivity contribution >= 4 is 16.5 Å². The van der Waals surface area contributed by atoms with Gasteiger partial charge in [-0.2, -0.15) is 0 Å². The number of likely N-dealkylation sites (tertiary alicyclic amines) is 1. The molecular weight excluding hydrogens is 232 g/mol. The molecule has 3 heterocycles. The largest absolute Gasteiger partial charge is 0.343 e. The summed E-state index contributed by atoms with van der Waals surface area (Å²) in [6, 6.07) is 0.719. The Labute approximate surface area is 107 Å². The van der Waals surface area contributed by atoms with Gasteiger partial charge in [-0.1, -0.05) is 11.3 Å². The lowest BCUT2D eigenvalue weighted by molar-refractivity contribution is 0.199. The highest BCUT2D eigenvalue weighted by atomic mass is 32.1. The molecule has 4 nitrogen and oxygen atoms in total. The molecule has 1 aromatic rings. The maximum atomic E-state index is 4.24. The molecule has 0 spiro atoms. The van der Waals surface area contributed by atoms with Gasteiger partial charge in [-0.25, -0.2) is 0 Å². The summed E-state index contributed by atoms with van der Waals surface area (Å²) in [4.78, 5) is 4.95. The molecule has 2 fully saturated rings. The molecule has 2 saturated heterocycles. The number of aromatic nitrogens is 2. The first-order chi connectivity index (χ1) is 8.34. The second-order valence-corrected chi connectivity index (χ2v) is 6.08. The van der Waals surface area contributed by atoms with E-state index in [1.165, 1.54) is 45.3 Å². The fourth-order valence-electron chi connectivity index (χ4n) is 3.23. The molecule has 0 aromatic carbocycles. The van der Waals surface area contributed by atoms with Gasteiger partial charge in [-0.05, 0) is 51.7 Å². The molecule has 0 radical (unpaired) electrons. The molecule has 17 heavy (non-hydrogen) atoms. The number of hydrogen-bond acceptors (Lipinski definition) is 5. The van der Waals surface area contributed by atoms with Crippen LogP contribution in [0.5, 0.6) is 0 Å². The highest BCUT2D eigenvalue weighted by Crippen LogP contribution is 2.34. The van der Waals surface area contributed by atoms with Gasteiger partial charge in [0.15, 0.2) is 0 Å². The van der Waals surface area contributed by atoms with E-state index in [9.17, 15) is 0 Å². The van der Waals surface area contributed by atoms with Gasteiger partial charge in [-0.3, -0.25) is 0 Å². The third kappa shape index (κ3) is 2.31. The number of piperidine rings is 1. The molecule has 0 amide bonds. The Morgan fingerprint density at radius 1 is 1.24 bits per heavy atom. The molecule has 1 aromatic heterocycles. The summed E-state index contributed by atoms with van der Waals surface area (Å²) >= 11 is 1.68. The summed E-state index contributed by atoms with van der Waals surface area (Å²) < 4.78 is 0. The molecule has 5 heteroatoms. The van der Waals surface area contributed by atoms with Crippen molar-refractivity contribution in [3.63, 3.8) is 0 Å². The van der Waals surface area contributed by atoms with Crippen LogP contribution in [0.1, 0.15) is 25.7 Å². The van der Waals surface area contributed by atoms with Crippen molar-refractivity contribution in [2.45, 2.75) is 31.7 Å². The maximum absolute atomic E-state index is 4.24. The van der Waals surface area contributed by atoms with Gasteiger partial charge in [0.2, 0.25) is 5.13 Å². The van der Waals surface area contributed by atoms with Gasteiger partial charge in [-0.15, -0.1) is 10.2 Å². The smallest absolute Gasteiger partial charge is 0.208 e. The van der Waals surface area contributed by atoms with E-state index in [2.05, 4.69) is 27.0 Å². The molecule has 0 bridgehead atoms. The van der Waals surface area contributed by atoms with Gasteiger partial charge in [0.1, 0.15) is 5.51 Å². The summed E-state index contributed by atoms with van der Waals surface area (Å²) in [6.45, 7) is 3.68. The zero-order valence-corrected chi connectivity index (χ0v) is 11.2. The maximum Gasteiger partial charge on any atom is 0.208 e. The zero-order valence-electron chi connectivity index (χ0n) is 10.4. The van der Waals surface area contributed by atoms with E-state index in [-0.39, 0.29) is 0 Å². The minimum absolute atomic E-state index is 0.719. The van der Waals surface area contributed by atoms with Gasteiger partial charge in [0, 0.05) is 12.6 Å². The minimum Gasteiger partial charge on any atom is -0.343 e. The van der Waals surface area contributed by atoms with Crippen LogP contribution in [0.25, 0.3) is 0 Å². The Morgan fingerprint density at radius 2 is 2.06 bits per heavy atom. The summed E-state index contributed by atoms with van der Waals surface area (Å²) in [6.07, 6.45) is 5.34. The van der Waals surface area contributed by atoms with Crippen molar-refractivity contribution in [2.75, 3.05) is 31.6 Å². The Kier molecular flexibility index (Phi) is 3.29. The Hall–Kier alpha value is -0.680. The number of hydrogen-bond donors (Lipinski definition) is 0. The summed E-state index contributed by atoms with van der Waals surface area (Å²) in [5.74, 6) is 0.859. The third-order valence-corrected chi connectivity index (χ3v) is 4.93. The first-order valence-corrected chi connectivity index (χ1v) is 7.44. The Bertz CT molecular complexity index is 345. The van der Waals surface area contributed by atoms with E-state index in [1.807, 2.05) is 5.51 Å². The van der Waals surface area contributed by atoms with Crippen molar-refractivity contribution in [3.05, 3.63) is 5.51 Å². The van der Waals surface area contributed by atoms with Crippen molar-refractivity contribution in [3.8, 4) is 0 Å². The van der Waals surface area contributed by atoms with Gasteiger partial charge < -0.3 is 9.80 Å². The van der Waals surface area contributed by atoms with Crippen LogP contribution in [0, 0.1) is 5.92 Å². The SMILES string of the molecule is CN1CCC(C2CCCN2c2nncs2)CC1. The van der Waals surface area contributed by atoms with E-state index in [1.54, 1.807) is 11.3 Å². The van der Waals surface area contributed by atoms with Gasteiger partial charge >= 0.3 is 0 Å².